The third-order valence-corrected chi connectivity index (χ3v) is 7.15. The fourth-order valence-corrected chi connectivity index (χ4v) is 5.00. The van der Waals surface area contributed by atoms with Gasteiger partial charge in [0, 0.05) is 16.9 Å². The number of carbonyl (C=O) groups excluding carboxylic acids is 2. The van der Waals surface area contributed by atoms with Gasteiger partial charge >= 0.3 is 5.97 Å². The summed E-state index contributed by atoms with van der Waals surface area (Å²) < 4.78 is 55.6. The van der Waals surface area contributed by atoms with Crippen molar-refractivity contribution in [2.24, 2.45) is 5.14 Å². The molecule has 0 atom stereocenters. The Bertz CT molecular complexity index is 1290. The number of benzene rings is 2. The summed E-state index contributed by atoms with van der Waals surface area (Å²) in [5.41, 5.74) is 0.390. The molecule has 1 aliphatic heterocycles. The summed E-state index contributed by atoms with van der Waals surface area (Å²) in [4.78, 5) is 25.4. The average molecular weight is 496 g/mol. The monoisotopic (exact) mass is 495 g/mol. The van der Waals surface area contributed by atoms with Gasteiger partial charge in [-0.1, -0.05) is 23.9 Å². The predicted molar refractivity (Wildman–Crippen MR) is 121 cm³/mol. The van der Waals surface area contributed by atoms with Crippen molar-refractivity contribution in [3.8, 4) is 11.1 Å². The molecule has 33 heavy (non-hydrogen) atoms. The van der Waals surface area contributed by atoms with Gasteiger partial charge in [-0.3, -0.25) is 4.79 Å². The molecule has 0 fully saturated rings. The van der Waals surface area contributed by atoms with E-state index in [0.29, 0.717) is 17.3 Å². The van der Waals surface area contributed by atoms with Crippen LogP contribution in [0.3, 0.4) is 0 Å². The van der Waals surface area contributed by atoms with E-state index in [0.717, 1.165) is 18.2 Å². The molecule has 0 saturated heterocycles. The van der Waals surface area contributed by atoms with E-state index < -0.39 is 39.1 Å². The zero-order valence-electron chi connectivity index (χ0n) is 17.4. The highest BCUT2D eigenvalue weighted by molar-refractivity contribution is 8.20. The number of allylic oxidation sites excluding steroid dienone is 1. The highest BCUT2D eigenvalue weighted by atomic mass is 32.3. The largest absolute Gasteiger partial charge is 0.462 e. The number of thioether (sulfide) groups is 1. The standard InChI is InChI=1S/C21H19F2N3O5S2/c1-3-31-20(28)17(19-25-11(2)21(32-19)33(24,29)30)18(27)26-14-7-4-12(5-8-14)15-10-13(22)6-9-16(15)23/h4-10,25H,3H2,1-2H3,(H,26,27)(H2,24,29,30)/b19-17-. The number of rotatable bonds is 6. The molecule has 1 amide bonds. The van der Waals surface area contributed by atoms with Crippen LogP contribution in [0.1, 0.15) is 13.8 Å². The van der Waals surface area contributed by atoms with Crippen molar-refractivity contribution in [1.29, 1.82) is 0 Å². The second-order valence-corrected chi connectivity index (χ2v) is 9.54. The van der Waals surface area contributed by atoms with Crippen molar-refractivity contribution in [2.75, 3.05) is 11.9 Å². The molecule has 2 aromatic rings. The molecule has 0 spiro atoms. The summed E-state index contributed by atoms with van der Waals surface area (Å²) in [5, 5.41) is 10.3. The predicted octanol–water partition coefficient (Wildman–Crippen LogP) is 3.16. The zero-order valence-corrected chi connectivity index (χ0v) is 19.1. The maximum Gasteiger partial charge on any atom is 0.346 e. The van der Waals surface area contributed by atoms with E-state index in [-0.39, 0.29) is 32.8 Å². The fourth-order valence-electron chi connectivity index (χ4n) is 2.94. The van der Waals surface area contributed by atoms with Gasteiger partial charge in [0.05, 0.1) is 11.6 Å². The number of hydrogen-bond acceptors (Lipinski definition) is 7. The van der Waals surface area contributed by atoms with Gasteiger partial charge < -0.3 is 15.4 Å². The van der Waals surface area contributed by atoms with Gasteiger partial charge in [-0.05, 0) is 49.7 Å². The van der Waals surface area contributed by atoms with Crippen molar-refractivity contribution in [2.45, 2.75) is 13.8 Å². The van der Waals surface area contributed by atoms with Crippen molar-refractivity contribution in [3.63, 3.8) is 0 Å². The Morgan fingerprint density at radius 1 is 1.15 bits per heavy atom. The normalized spacial score (nSPS) is 15.2. The van der Waals surface area contributed by atoms with Crippen LogP contribution in [-0.4, -0.2) is 26.9 Å². The lowest BCUT2D eigenvalue weighted by Crippen LogP contribution is -2.26. The first-order chi connectivity index (χ1) is 15.5. The summed E-state index contributed by atoms with van der Waals surface area (Å²) >= 11 is 0.626. The van der Waals surface area contributed by atoms with Crippen LogP contribution >= 0.6 is 11.8 Å². The Morgan fingerprint density at radius 3 is 2.39 bits per heavy atom. The molecule has 0 unspecified atom stereocenters. The number of esters is 1. The van der Waals surface area contributed by atoms with Crippen molar-refractivity contribution in [3.05, 3.63) is 74.6 Å². The Labute approximate surface area is 192 Å². The van der Waals surface area contributed by atoms with Crippen LogP contribution in [0.25, 0.3) is 11.1 Å². The van der Waals surface area contributed by atoms with Crippen LogP contribution in [-0.2, 0) is 24.3 Å². The lowest BCUT2D eigenvalue weighted by molar-refractivity contribution is -0.139. The highest BCUT2D eigenvalue weighted by Gasteiger charge is 2.33. The van der Waals surface area contributed by atoms with Crippen LogP contribution in [0.4, 0.5) is 14.5 Å². The second kappa shape index (κ2) is 9.73. The van der Waals surface area contributed by atoms with Crippen molar-refractivity contribution >= 4 is 39.3 Å². The Balaban J connectivity index is 1.88. The number of carbonyl (C=O) groups is 2. The molecular weight excluding hydrogens is 476 g/mol. The number of amides is 1. The van der Waals surface area contributed by atoms with Crippen molar-refractivity contribution in [1.82, 2.24) is 5.32 Å². The molecular formula is C21H19F2N3O5S2. The summed E-state index contributed by atoms with van der Waals surface area (Å²) in [6, 6.07) is 8.89. The first-order valence-electron chi connectivity index (χ1n) is 9.48. The van der Waals surface area contributed by atoms with Gasteiger partial charge in [0.1, 0.15) is 15.9 Å². The molecule has 4 N–H and O–H groups in total. The van der Waals surface area contributed by atoms with E-state index in [4.69, 9.17) is 9.88 Å². The third kappa shape index (κ3) is 5.59. The maximum absolute atomic E-state index is 14.0. The van der Waals surface area contributed by atoms with Crippen LogP contribution in [0.15, 0.2) is 63.0 Å². The number of nitrogens with two attached hydrogens (primary N) is 1. The number of nitrogens with one attached hydrogen (secondary N) is 2. The minimum Gasteiger partial charge on any atom is -0.462 e. The number of hydrogen-bond donors (Lipinski definition) is 3. The topological polar surface area (TPSA) is 128 Å². The molecule has 0 aromatic heterocycles. The molecule has 0 aliphatic carbocycles. The van der Waals surface area contributed by atoms with Gasteiger partial charge in [0.15, 0.2) is 5.57 Å². The minimum absolute atomic E-state index is 0.0179. The Morgan fingerprint density at radius 2 is 1.82 bits per heavy atom. The van der Waals surface area contributed by atoms with E-state index in [1.54, 1.807) is 6.92 Å². The number of anilines is 1. The third-order valence-electron chi connectivity index (χ3n) is 4.38. The van der Waals surface area contributed by atoms with Gasteiger partial charge in [0.25, 0.3) is 5.91 Å². The minimum atomic E-state index is -4.07. The average Bonchev–Trinajstić information content (AvgIpc) is 3.12. The van der Waals surface area contributed by atoms with Gasteiger partial charge in [-0.2, -0.15) is 0 Å². The lowest BCUT2D eigenvalue weighted by Gasteiger charge is -2.12. The second-order valence-electron chi connectivity index (χ2n) is 6.76. The van der Waals surface area contributed by atoms with E-state index >= 15 is 0 Å². The van der Waals surface area contributed by atoms with Gasteiger partial charge in [0.2, 0.25) is 10.0 Å². The maximum atomic E-state index is 14.0. The van der Waals surface area contributed by atoms with Crippen LogP contribution in [0.5, 0.6) is 0 Å². The molecule has 8 nitrogen and oxygen atoms in total. The quantitative estimate of drug-likeness (QED) is 0.243. The molecule has 1 heterocycles. The summed E-state index contributed by atoms with van der Waals surface area (Å²) in [6.45, 7) is 2.97. The summed E-state index contributed by atoms with van der Waals surface area (Å²) in [5.74, 6) is -3.04. The van der Waals surface area contributed by atoms with Crippen LogP contribution < -0.4 is 15.8 Å². The van der Waals surface area contributed by atoms with Crippen LogP contribution in [0, 0.1) is 11.6 Å². The highest BCUT2D eigenvalue weighted by Crippen LogP contribution is 2.37. The van der Waals surface area contributed by atoms with Gasteiger partial charge in [-0.25, -0.2) is 27.1 Å². The van der Waals surface area contributed by atoms with Gasteiger partial charge in [-0.15, -0.1) is 0 Å². The number of halogens is 2. The summed E-state index contributed by atoms with van der Waals surface area (Å²) in [6.07, 6.45) is 0. The number of primary sulfonamides is 1. The zero-order chi connectivity index (χ0) is 24.3. The SMILES string of the molecule is CCOC(=O)/C(C(=O)Nc1ccc(-c2cc(F)ccc2F)cc1)=C1/NC(C)=C(S(N)(=O)=O)S1. The Kier molecular flexibility index (Phi) is 7.20. The number of sulfonamides is 1. The van der Waals surface area contributed by atoms with E-state index in [1.807, 2.05) is 0 Å². The molecule has 3 rings (SSSR count). The van der Waals surface area contributed by atoms with E-state index in [9.17, 15) is 26.8 Å². The van der Waals surface area contributed by atoms with Crippen LogP contribution in [0.2, 0.25) is 0 Å². The first-order valence-corrected chi connectivity index (χ1v) is 11.8. The number of ether oxygens (including phenoxy) is 1. The molecule has 1 aliphatic rings. The van der Waals surface area contributed by atoms with E-state index in [2.05, 4.69) is 10.6 Å². The molecule has 2 aromatic carbocycles. The van der Waals surface area contributed by atoms with E-state index in [1.165, 1.54) is 31.2 Å². The van der Waals surface area contributed by atoms with Crippen molar-refractivity contribution < 1.29 is 31.5 Å². The first kappa shape index (κ1) is 24.4. The molecule has 0 bridgehead atoms. The smallest absolute Gasteiger partial charge is 0.346 e. The Hall–Kier alpha value is -3.22. The molecule has 174 valence electrons. The molecule has 0 radical (unpaired) electrons. The molecule has 12 heteroatoms. The summed E-state index contributed by atoms with van der Waals surface area (Å²) in [7, 11) is -4.07. The lowest BCUT2D eigenvalue weighted by atomic mass is 10.0. The molecule has 0 saturated carbocycles. The fraction of sp³-hybridized carbons (Fsp3) is 0.143.